The molecule has 2 N–H and O–H groups in total. The van der Waals surface area contributed by atoms with Crippen molar-refractivity contribution < 1.29 is 9.90 Å². The van der Waals surface area contributed by atoms with Crippen LogP contribution in [0, 0.1) is 0 Å². The zero-order valence-corrected chi connectivity index (χ0v) is 12.9. The van der Waals surface area contributed by atoms with Gasteiger partial charge < -0.3 is 10.4 Å². The van der Waals surface area contributed by atoms with E-state index in [1.54, 1.807) is 12.1 Å². The monoisotopic (exact) mass is 338 g/mol. The zero-order chi connectivity index (χ0) is 14.1. The number of carboxylic acids is 1. The lowest BCUT2D eigenvalue weighted by Gasteiger charge is -2.33. The van der Waals surface area contributed by atoms with E-state index in [1.807, 2.05) is 6.07 Å². The van der Waals surface area contributed by atoms with Crippen LogP contribution in [0.5, 0.6) is 0 Å². The summed E-state index contributed by atoms with van der Waals surface area (Å²) < 4.78 is 0.804. The third-order valence-corrected chi connectivity index (χ3v) is 4.81. The number of halogens is 1. The van der Waals surface area contributed by atoms with Gasteiger partial charge in [0.15, 0.2) is 0 Å². The molecule has 20 heavy (non-hydrogen) atoms. The molecule has 0 amide bonds. The first-order valence-electron chi connectivity index (χ1n) is 7.18. The first-order chi connectivity index (χ1) is 9.63. The molecular formula is C15H19BrN2O2. The molecule has 5 heteroatoms. The second kappa shape index (κ2) is 5.74. The van der Waals surface area contributed by atoms with E-state index in [2.05, 4.69) is 26.1 Å². The van der Waals surface area contributed by atoms with E-state index >= 15 is 0 Å². The molecule has 2 saturated heterocycles. The number of aromatic carboxylic acids is 1. The Morgan fingerprint density at radius 2 is 2.10 bits per heavy atom. The van der Waals surface area contributed by atoms with Gasteiger partial charge in [0, 0.05) is 28.8 Å². The Morgan fingerprint density at radius 1 is 1.25 bits per heavy atom. The fourth-order valence-electron chi connectivity index (χ4n) is 3.43. The molecular weight excluding hydrogens is 320 g/mol. The summed E-state index contributed by atoms with van der Waals surface area (Å²) in [5.41, 5.74) is 1.22. The molecule has 2 unspecified atom stereocenters. The van der Waals surface area contributed by atoms with Gasteiger partial charge in [0.25, 0.3) is 0 Å². The summed E-state index contributed by atoms with van der Waals surface area (Å²) >= 11 is 3.39. The van der Waals surface area contributed by atoms with Crippen molar-refractivity contribution in [1.29, 1.82) is 0 Å². The number of nitrogens with one attached hydrogen (secondary N) is 1. The van der Waals surface area contributed by atoms with Gasteiger partial charge in [-0.25, -0.2) is 4.79 Å². The van der Waals surface area contributed by atoms with E-state index in [0.717, 1.165) is 23.1 Å². The minimum atomic E-state index is -0.889. The maximum atomic E-state index is 11.1. The van der Waals surface area contributed by atoms with Crippen LogP contribution in [0.1, 0.15) is 36.0 Å². The van der Waals surface area contributed by atoms with Crippen LogP contribution >= 0.6 is 15.9 Å². The van der Waals surface area contributed by atoms with Gasteiger partial charge in [-0.3, -0.25) is 4.90 Å². The lowest BCUT2D eigenvalue weighted by molar-refractivity contribution is 0.0697. The number of nitrogens with zero attached hydrogens (tertiary/aromatic N) is 1. The molecule has 2 aliphatic heterocycles. The van der Waals surface area contributed by atoms with E-state index in [0.29, 0.717) is 17.6 Å². The summed E-state index contributed by atoms with van der Waals surface area (Å²) in [6, 6.07) is 6.35. The van der Waals surface area contributed by atoms with E-state index in [1.165, 1.54) is 25.8 Å². The molecule has 2 atom stereocenters. The highest BCUT2D eigenvalue weighted by molar-refractivity contribution is 9.10. The molecule has 2 fully saturated rings. The molecule has 2 aliphatic rings. The summed E-state index contributed by atoms with van der Waals surface area (Å²) in [5, 5.41) is 12.7. The number of fused-ring (bicyclic) bond motifs is 1. The second-order valence-corrected chi connectivity index (χ2v) is 6.59. The van der Waals surface area contributed by atoms with Crippen LogP contribution in [0.2, 0.25) is 0 Å². The van der Waals surface area contributed by atoms with Gasteiger partial charge in [-0.1, -0.05) is 22.4 Å². The van der Waals surface area contributed by atoms with Crippen molar-refractivity contribution in [2.75, 3.05) is 18.4 Å². The Hall–Kier alpha value is -1.07. The predicted molar refractivity (Wildman–Crippen MR) is 82.3 cm³/mol. The highest BCUT2D eigenvalue weighted by Gasteiger charge is 2.35. The van der Waals surface area contributed by atoms with Crippen LogP contribution in [0.3, 0.4) is 0 Å². The number of hydrogen-bond donors (Lipinski definition) is 2. The molecule has 1 aromatic carbocycles. The van der Waals surface area contributed by atoms with Gasteiger partial charge in [0.2, 0.25) is 0 Å². The van der Waals surface area contributed by atoms with Gasteiger partial charge in [-0.15, -0.1) is 0 Å². The Labute approximate surface area is 127 Å². The molecule has 0 bridgehead atoms. The summed E-state index contributed by atoms with van der Waals surface area (Å²) in [4.78, 5) is 13.7. The summed E-state index contributed by atoms with van der Waals surface area (Å²) in [7, 11) is 0. The van der Waals surface area contributed by atoms with Gasteiger partial charge >= 0.3 is 5.97 Å². The van der Waals surface area contributed by atoms with Crippen LogP contribution in [0.4, 0.5) is 5.69 Å². The largest absolute Gasteiger partial charge is 0.478 e. The molecule has 2 heterocycles. The molecule has 0 radical (unpaired) electrons. The molecule has 4 nitrogen and oxygen atoms in total. The molecule has 0 aliphatic carbocycles. The lowest BCUT2D eigenvalue weighted by Crippen LogP contribution is -2.41. The minimum absolute atomic E-state index is 0.320. The summed E-state index contributed by atoms with van der Waals surface area (Å²) in [5.74, 6) is -0.889. The molecule has 0 aromatic heterocycles. The van der Waals surface area contributed by atoms with Crippen LogP contribution in [-0.4, -0.2) is 41.1 Å². The van der Waals surface area contributed by atoms with Crippen LogP contribution in [0.25, 0.3) is 0 Å². The number of rotatable bonds is 3. The van der Waals surface area contributed by atoms with Gasteiger partial charge in [0.1, 0.15) is 0 Å². The topological polar surface area (TPSA) is 52.6 Å². The van der Waals surface area contributed by atoms with Crippen molar-refractivity contribution in [2.24, 2.45) is 0 Å². The number of piperidine rings is 1. The molecule has 1 aromatic rings. The van der Waals surface area contributed by atoms with Crippen LogP contribution < -0.4 is 5.32 Å². The maximum absolute atomic E-state index is 11.1. The third kappa shape index (κ3) is 2.83. The number of benzene rings is 1. The molecule has 108 valence electrons. The summed E-state index contributed by atoms with van der Waals surface area (Å²) in [6.45, 7) is 2.36. The SMILES string of the molecule is O=C(O)c1cc(Br)cc(NC2CCN3CCCCC23)c1. The average Bonchev–Trinajstić information content (AvgIpc) is 2.82. The molecule has 3 rings (SSSR count). The van der Waals surface area contributed by atoms with E-state index in [-0.39, 0.29) is 0 Å². The first-order valence-corrected chi connectivity index (χ1v) is 7.97. The third-order valence-electron chi connectivity index (χ3n) is 4.35. The van der Waals surface area contributed by atoms with Gasteiger partial charge in [-0.2, -0.15) is 0 Å². The zero-order valence-electron chi connectivity index (χ0n) is 11.3. The van der Waals surface area contributed by atoms with Gasteiger partial charge in [0.05, 0.1) is 5.56 Å². The van der Waals surface area contributed by atoms with Crippen molar-refractivity contribution in [2.45, 2.75) is 37.8 Å². The fraction of sp³-hybridized carbons (Fsp3) is 0.533. The van der Waals surface area contributed by atoms with E-state index in [9.17, 15) is 4.79 Å². The average molecular weight is 339 g/mol. The molecule has 0 saturated carbocycles. The second-order valence-electron chi connectivity index (χ2n) is 5.67. The van der Waals surface area contributed by atoms with Crippen molar-refractivity contribution in [1.82, 2.24) is 4.90 Å². The lowest BCUT2D eigenvalue weighted by atomic mass is 9.99. The highest BCUT2D eigenvalue weighted by Crippen LogP contribution is 2.30. The Balaban J connectivity index is 1.76. The van der Waals surface area contributed by atoms with Crippen molar-refractivity contribution in [3.8, 4) is 0 Å². The van der Waals surface area contributed by atoms with Crippen molar-refractivity contribution in [3.05, 3.63) is 28.2 Å². The van der Waals surface area contributed by atoms with Gasteiger partial charge in [-0.05, 0) is 44.0 Å². The Kier molecular flexibility index (Phi) is 3.98. The quantitative estimate of drug-likeness (QED) is 0.888. The smallest absolute Gasteiger partial charge is 0.335 e. The number of carboxylic acid groups (broad SMARTS) is 1. The Morgan fingerprint density at radius 3 is 2.90 bits per heavy atom. The van der Waals surface area contributed by atoms with E-state index < -0.39 is 5.97 Å². The predicted octanol–water partition coefficient (Wildman–Crippen LogP) is 3.19. The number of carbonyl (C=O) groups is 1. The number of anilines is 1. The number of hydrogen-bond acceptors (Lipinski definition) is 3. The molecule has 0 spiro atoms. The Bertz CT molecular complexity index is 521. The van der Waals surface area contributed by atoms with Crippen LogP contribution in [0.15, 0.2) is 22.7 Å². The summed E-state index contributed by atoms with van der Waals surface area (Å²) in [6.07, 6.45) is 5.00. The van der Waals surface area contributed by atoms with Crippen molar-refractivity contribution in [3.63, 3.8) is 0 Å². The standard InChI is InChI=1S/C15H19BrN2O2/c16-11-7-10(15(19)20)8-12(9-11)17-13-4-6-18-5-2-1-3-14(13)18/h7-9,13-14,17H,1-6H2,(H,19,20). The van der Waals surface area contributed by atoms with Crippen LogP contribution in [-0.2, 0) is 0 Å². The highest BCUT2D eigenvalue weighted by atomic mass is 79.9. The maximum Gasteiger partial charge on any atom is 0.335 e. The minimum Gasteiger partial charge on any atom is -0.478 e. The normalized spacial score (nSPS) is 26.2. The fourth-order valence-corrected chi connectivity index (χ4v) is 3.92. The van der Waals surface area contributed by atoms with E-state index in [4.69, 9.17) is 5.11 Å². The van der Waals surface area contributed by atoms with Crippen molar-refractivity contribution >= 4 is 27.6 Å². The first kappa shape index (κ1) is 13.9.